The minimum absolute atomic E-state index is 0.0183. The molecule has 0 spiro atoms. The van der Waals surface area contributed by atoms with Crippen molar-refractivity contribution in [3.8, 4) is 11.5 Å². The number of ketones is 2. The van der Waals surface area contributed by atoms with Gasteiger partial charge < -0.3 is 9.47 Å². The van der Waals surface area contributed by atoms with Crippen molar-refractivity contribution in [3.05, 3.63) is 82.6 Å². The summed E-state index contributed by atoms with van der Waals surface area (Å²) in [5, 5.41) is 0. The molecule has 0 bridgehead atoms. The zero-order chi connectivity index (χ0) is 24.3. The summed E-state index contributed by atoms with van der Waals surface area (Å²) in [6.45, 7) is 8.21. The second kappa shape index (κ2) is 7.93. The minimum atomic E-state index is -0.579. The predicted molar refractivity (Wildman–Crippen MR) is 127 cm³/mol. The van der Waals surface area contributed by atoms with E-state index in [4.69, 9.17) is 9.47 Å². The summed E-state index contributed by atoms with van der Waals surface area (Å²) < 4.78 is 26.9. The summed E-state index contributed by atoms with van der Waals surface area (Å²) in [7, 11) is 0. The summed E-state index contributed by atoms with van der Waals surface area (Å²) in [6, 6.07) is 13.6. The van der Waals surface area contributed by atoms with Gasteiger partial charge in [-0.1, -0.05) is 52.0 Å². The molecule has 2 aromatic rings. The highest BCUT2D eigenvalue weighted by atomic mass is 19.1. The molecule has 0 radical (unpaired) electrons. The normalized spacial score (nSPS) is 21.7. The molecule has 0 unspecified atom stereocenters. The SMILES string of the molecule is CC1(C)CC(=O)C2=C(C1)OC1=C(C(=O)CC(C)(C)C1)C2c1ccc(F)c(Oc2ccccc2)c1. The van der Waals surface area contributed by atoms with E-state index in [2.05, 4.69) is 27.7 Å². The molecular weight excluding hydrogens is 431 g/mol. The fourth-order valence-electron chi connectivity index (χ4n) is 5.40. The molecule has 0 atom stereocenters. The van der Waals surface area contributed by atoms with E-state index in [-0.39, 0.29) is 28.1 Å². The first-order chi connectivity index (χ1) is 16.0. The van der Waals surface area contributed by atoms with Crippen LogP contribution < -0.4 is 4.74 Å². The molecule has 0 aromatic heterocycles. The molecule has 0 saturated carbocycles. The Morgan fingerprint density at radius 3 is 1.94 bits per heavy atom. The van der Waals surface area contributed by atoms with Crippen LogP contribution >= 0.6 is 0 Å². The van der Waals surface area contributed by atoms with Gasteiger partial charge in [0.1, 0.15) is 17.3 Å². The first-order valence-corrected chi connectivity index (χ1v) is 11.8. The lowest BCUT2D eigenvalue weighted by Gasteiger charge is -2.42. The lowest BCUT2D eigenvalue weighted by Crippen LogP contribution is -2.37. The maximum atomic E-state index is 14.7. The number of allylic oxidation sites excluding steroid dienone is 4. The van der Waals surface area contributed by atoms with Gasteiger partial charge in [0.05, 0.1) is 0 Å². The maximum absolute atomic E-state index is 14.7. The molecule has 2 aromatic carbocycles. The Bertz CT molecular complexity index is 1200. The van der Waals surface area contributed by atoms with E-state index in [1.165, 1.54) is 6.07 Å². The van der Waals surface area contributed by atoms with Crippen LogP contribution in [-0.2, 0) is 14.3 Å². The van der Waals surface area contributed by atoms with Gasteiger partial charge in [-0.05, 0) is 40.7 Å². The van der Waals surface area contributed by atoms with Gasteiger partial charge in [-0.2, -0.15) is 0 Å². The lowest BCUT2D eigenvalue weighted by atomic mass is 9.65. The smallest absolute Gasteiger partial charge is 0.165 e. The lowest BCUT2D eigenvalue weighted by molar-refractivity contribution is -0.120. The van der Waals surface area contributed by atoms with Crippen LogP contribution in [0.3, 0.4) is 0 Å². The molecule has 0 amide bonds. The van der Waals surface area contributed by atoms with Gasteiger partial charge in [-0.15, -0.1) is 0 Å². The van der Waals surface area contributed by atoms with Crippen LogP contribution in [0.25, 0.3) is 0 Å². The van der Waals surface area contributed by atoms with Crippen molar-refractivity contribution in [1.29, 1.82) is 0 Å². The molecule has 0 N–H and O–H groups in total. The van der Waals surface area contributed by atoms with Crippen LogP contribution in [0.1, 0.15) is 64.9 Å². The fraction of sp³-hybridized carbons (Fsp3) is 0.379. The van der Waals surface area contributed by atoms with Crippen LogP contribution in [0.15, 0.2) is 71.2 Å². The average molecular weight is 461 g/mol. The Hall–Kier alpha value is -3.21. The van der Waals surface area contributed by atoms with Crippen molar-refractivity contribution in [2.24, 2.45) is 10.8 Å². The number of rotatable bonds is 3. The molecular formula is C29H29FO4. The third-order valence-corrected chi connectivity index (χ3v) is 6.84. The Labute approximate surface area is 199 Å². The number of carbonyl (C=O) groups is 2. The van der Waals surface area contributed by atoms with Gasteiger partial charge in [0.15, 0.2) is 23.1 Å². The number of para-hydroxylation sites is 1. The first kappa shape index (κ1) is 22.6. The van der Waals surface area contributed by atoms with E-state index in [1.54, 1.807) is 24.3 Å². The Balaban J connectivity index is 1.65. The second-order valence-electron chi connectivity index (χ2n) is 11.2. The van der Waals surface area contributed by atoms with Gasteiger partial charge in [0.25, 0.3) is 0 Å². The van der Waals surface area contributed by atoms with Gasteiger partial charge in [0, 0.05) is 42.7 Å². The van der Waals surface area contributed by atoms with Crippen LogP contribution in [0, 0.1) is 16.6 Å². The molecule has 5 heteroatoms. The summed E-state index contributed by atoms with van der Waals surface area (Å²) in [5.41, 5.74) is 1.28. The molecule has 0 saturated heterocycles. The number of hydrogen-bond donors (Lipinski definition) is 0. The van der Waals surface area contributed by atoms with Gasteiger partial charge in [-0.3, -0.25) is 9.59 Å². The number of ether oxygens (including phenoxy) is 2. The zero-order valence-electron chi connectivity index (χ0n) is 20.0. The van der Waals surface area contributed by atoms with E-state index in [0.29, 0.717) is 59.7 Å². The monoisotopic (exact) mass is 460 g/mol. The summed E-state index contributed by atoms with van der Waals surface area (Å²) in [6.07, 6.45) is 1.99. The molecule has 5 rings (SSSR count). The maximum Gasteiger partial charge on any atom is 0.165 e. The van der Waals surface area contributed by atoms with E-state index in [9.17, 15) is 14.0 Å². The van der Waals surface area contributed by atoms with Crippen LogP contribution in [-0.4, -0.2) is 11.6 Å². The molecule has 0 fully saturated rings. The summed E-state index contributed by atoms with van der Waals surface area (Å²) >= 11 is 0. The Morgan fingerprint density at radius 2 is 1.38 bits per heavy atom. The predicted octanol–water partition coefficient (Wildman–Crippen LogP) is 7.02. The summed E-state index contributed by atoms with van der Waals surface area (Å²) in [4.78, 5) is 26.8. The summed E-state index contributed by atoms with van der Waals surface area (Å²) in [5.74, 6) is 0.740. The van der Waals surface area contributed by atoms with Crippen LogP contribution in [0.4, 0.5) is 4.39 Å². The van der Waals surface area contributed by atoms with Crippen molar-refractivity contribution in [3.63, 3.8) is 0 Å². The van der Waals surface area contributed by atoms with Crippen molar-refractivity contribution in [1.82, 2.24) is 0 Å². The van der Waals surface area contributed by atoms with Crippen LogP contribution in [0.5, 0.6) is 11.5 Å². The number of hydrogen-bond acceptors (Lipinski definition) is 4. The largest absolute Gasteiger partial charge is 0.465 e. The molecule has 1 heterocycles. The highest BCUT2D eigenvalue weighted by molar-refractivity contribution is 6.06. The van der Waals surface area contributed by atoms with Gasteiger partial charge in [-0.25, -0.2) is 4.39 Å². The van der Waals surface area contributed by atoms with E-state index >= 15 is 0 Å². The first-order valence-electron chi connectivity index (χ1n) is 11.8. The van der Waals surface area contributed by atoms with Crippen LogP contribution in [0.2, 0.25) is 0 Å². The van der Waals surface area contributed by atoms with Gasteiger partial charge >= 0.3 is 0 Å². The minimum Gasteiger partial charge on any atom is -0.465 e. The quantitative estimate of drug-likeness (QED) is 0.494. The molecule has 34 heavy (non-hydrogen) atoms. The molecule has 3 aliphatic rings. The highest BCUT2D eigenvalue weighted by Crippen LogP contribution is 2.53. The topological polar surface area (TPSA) is 52.6 Å². The Morgan fingerprint density at radius 1 is 0.824 bits per heavy atom. The zero-order valence-corrected chi connectivity index (χ0v) is 20.0. The highest BCUT2D eigenvalue weighted by Gasteiger charge is 2.47. The number of halogens is 1. The molecule has 4 nitrogen and oxygen atoms in total. The fourth-order valence-corrected chi connectivity index (χ4v) is 5.40. The van der Waals surface area contributed by atoms with E-state index < -0.39 is 11.7 Å². The number of benzene rings is 2. The Kier molecular flexibility index (Phi) is 5.27. The number of carbonyl (C=O) groups excluding carboxylic acids is 2. The average Bonchev–Trinajstić information content (AvgIpc) is 2.73. The van der Waals surface area contributed by atoms with Gasteiger partial charge in [0.2, 0.25) is 0 Å². The third-order valence-electron chi connectivity index (χ3n) is 6.84. The number of Topliss-reactive ketones (excluding diaryl/α,β-unsaturated/α-hetero) is 2. The van der Waals surface area contributed by atoms with E-state index in [1.807, 2.05) is 18.2 Å². The van der Waals surface area contributed by atoms with E-state index in [0.717, 1.165) is 0 Å². The third kappa shape index (κ3) is 4.08. The van der Waals surface area contributed by atoms with Crippen molar-refractivity contribution < 1.29 is 23.5 Å². The molecule has 1 aliphatic heterocycles. The molecule has 2 aliphatic carbocycles. The van der Waals surface area contributed by atoms with Crippen molar-refractivity contribution in [2.75, 3.05) is 0 Å². The second-order valence-corrected chi connectivity index (χ2v) is 11.2. The van der Waals surface area contributed by atoms with Crippen molar-refractivity contribution in [2.45, 2.75) is 59.3 Å². The van der Waals surface area contributed by atoms with Crippen molar-refractivity contribution >= 4 is 11.6 Å². The molecule has 176 valence electrons. The standard InChI is InChI=1S/C29H29FO4/c1-28(2)13-20(31)26-23(15-28)34-24-16-29(3,4)14-21(32)27(24)25(26)17-10-11-19(30)22(12-17)33-18-8-6-5-7-9-18/h5-12,25H,13-16H2,1-4H3.